The Kier molecular flexibility index (Phi) is 9.82. The van der Waals surface area contributed by atoms with Crippen molar-refractivity contribution >= 4 is 28.5 Å². The van der Waals surface area contributed by atoms with Crippen LogP contribution >= 0.6 is 0 Å². The molecular formula is C52H42N2. The zero-order valence-electron chi connectivity index (χ0n) is 30.9. The van der Waals surface area contributed by atoms with Crippen LogP contribution in [-0.4, -0.2) is 5.71 Å². The van der Waals surface area contributed by atoms with Crippen LogP contribution in [0.4, 0.5) is 22.7 Å². The lowest BCUT2D eigenvalue weighted by Gasteiger charge is -2.26. The van der Waals surface area contributed by atoms with Gasteiger partial charge in [-0.1, -0.05) is 152 Å². The number of hydrogen-bond acceptors (Lipinski definition) is 2. The summed E-state index contributed by atoms with van der Waals surface area (Å²) in [4.78, 5) is 7.43. The van der Waals surface area contributed by atoms with E-state index >= 15 is 0 Å². The lowest BCUT2D eigenvalue weighted by Crippen LogP contribution is -2.09. The van der Waals surface area contributed by atoms with E-state index < -0.39 is 0 Å². The van der Waals surface area contributed by atoms with E-state index in [-0.39, 0.29) is 0 Å². The highest BCUT2D eigenvalue weighted by atomic mass is 15.1. The second kappa shape index (κ2) is 15.5. The number of aryl methyl sites for hydroxylation is 2. The van der Waals surface area contributed by atoms with E-state index in [0.717, 1.165) is 39.6 Å². The molecule has 0 aliphatic rings. The molecule has 0 atom stereocenters. The third kappa shape index (κ3) is 7.28. The number of anilines is 3. The molecule has 0 N–H and O–H groups in total. The van der Waals surface area contributed by atoms with Crippen molar-refractivity contribution in [3.63, 3.8) is 0 Å². The molecule has 0 spiro atoms. The molecule has 0 aliphatic carbocycles. The summed E-state index contributed by atoms with van der Waals surface area (Å²) in [5, 5.41) is 0. The van der Waals surface area contributed by atoms with Gasteiger partial charge in [0.2, 0.25) is 0 Å². The van der Waals surface area contributed by atoms with Gasteiger partial charge >= 0.3 is 0 Å². The molecule has 0 saturated heterocycles. The molecular weight excluding hydrogens is 653 g/mol. The number of nitrogens with zero attached hydrogens (tertiary/aromatic N) is 2. The standard InChI is InChI=1S/C52H42N2/c1-37-14-10-12-20-49(37)51-36-45(28-35-50(51)39(3)53-52-21-13-11-15-38(52)2)44-26-33-48(34-27-44)54(46-29-22-42(23-30-46)40-16-6-4-7-17-40)47-31-24-43(25-32-47)41-18-8-5-9-19-41/h4-36H,1-3H3/b53-39+. The quantitative estimate of drug-likeness (QED) is 0.137. The summed E-state index contributed by atoms with van der Waals surface area (Å²) < 4.78 is 0. The summed E-state index contributed by atoms with van der Waals surface area (Å²) in [6.45, 7) is 6.41. The Morgan fingerprint density at radius 2 is 0.778 bits per heavy atom. The van der Waals surface area contributed by atoms with Crippen molar-refractivity contribution in [3.05, 3.63) is 217 Å². The molecule has 0 unspecified atom stereocenters. The third-order valence-electron chi connectivity index (χ3n) is 10.2. The molecule has 2 heteroatoms. The number of benzene rings is 8. The summed E-state index contributed by atoms with van der Waals surface area (Å²) in [5.41, 5.74) is 18.4. The second-order valence-corrected chi connectivity index (χ2v) is 13.8. The van der Waals surface area contributed by atoms with E-state index in [1.165, 1.54) is 50.1 Å². The van der Waals surface area contributed by atoms with E-state index in [1.54, 1.807) is 0 Å². The highest BCUT2D eigenvalue weighted by Gasteiger charge is 2.16. The highest BCUT2D eigenvalue weighted by molar-refractivity contribution is 6.06. The van der Waals surface area contributed by atoms with Crippen LogP contribution in [0.1, 0.15) is 23.6 Å². The summed E-state index contributed by atoms with van der Waals surface area (Å²) in [6, 6.07) is 71.5. The van der Waals surface area contributed by atoms with E-state index in [1.807, 2.05) is 0 Å². The fourth-order valence-corrected chi connectivity index (χ4v) is 7.18. The third-order valence-corrected chi connectivity index (χ3v) is 10.2. The number of aliphatic imine (C=N–C) groups is 1. The summed E-state index contributed by atoms with van der Waals surface area (Å²) in [6.07, 6.45) is 0. The second-order valence-electron chi connectivity index (χ2n) is 13.8. The topological polar surface area (TPSA) is 15.6 Å². The molecule has 0 amide bonds. The Balaban J connectivity index is 1.17. The fraction of sp³-hybridized carbons (Fsp3) is 0.0577. The van der Waals surface area contributed by atoms with Gasteiger partial charge < -0.3 is 4.90 Å². The zero-order chi connectivity index (χ0) is 36.9. The first kappa shape index (κ1) is 34.3. The minimum atomic E-state index is 0.997. The van der Waals surface area contributed by atoms with Crippen molar-refractivity contribution in [1.82, 2.24) is 0 Å². The van der Waals surface area contributed by atoms with Crippen molar-refractivity contribution in [1.29, 1.82) is 0 Å². The SMILES string of the molecule is C/C(=N\c1ccccc1C)c1ccc(-c2ccc(N(c3ccc(-c4ccccc4)cc3)c3ccc(-c4ccccc4)cc3)cc2)cc1-c1ccccc1C. The Labute approximate surface area is 319 Å². The van der Waals surface area contributed by atoms with E-state index in [2.05, 4.69) is 226 Å². The molecule has 0 bridgehead atoms. The molecule has 8 aromatic carbocycles. The molecule has 54 heavy (non-hydrogen) atoms. The molecule has 260 valence electrons. The number of rotatable bonds is 9. The molecule has 0 radical (unpaired) electrons. The van der Waals surface area contributed by atoms with Crippen LogP contribution < -0.4 is 4.90 Å². The summed E-state index contributed by atoms with van der Waals surface area (Å²) >= 11 is 0. The van der Waals surface area contributed by atoms with Gasteiger partial charge in [0.25, 0.3) is 0 Å². The van der Waals surface area contributed by atoms with Gasteiger partial charge in [0, 0.05) is 28.3 Å². The van der Waals surface area contributed by atoms with Gasteiger partial charge in [-0.3, -0.25) is 4.99 Å². The molecule has 8 aromatic rings. The fourth-order valence-electron chi connectivity index (χ4n) is 7.18. The Bertz CT molecular complexity index is 2450. The van der Waals surface area contributed by atoms with E-state index in [0.29, 0.717) is 0 Å². The van der Waals surface area contributed by atoms with Crippen LogP contribution in [0, 0.1) is 13.8 Å². The van der Waals surface area contributed by atoms with Crippen LogP contribution in [0.2, 0.25) is 0 Å². The first-order valence-electron chi connectivity index (χ1n) is 18.5. The predicted octanol–water partition coefficient (Wildman–Crippen LogP) is 14.6. The van der Waals surface area contributed by atoms with Crippen molar-refractivity contribution in [2.75, 3.05) is 4.90 Å². The predicted molar refractivity (Wildman–Crippen MR) is 231 cm³/mol. The van der Waals surface area contributed by atoms with Crippen molar-refractivity contribution < 1.29 is 0 Å². The van der Waals surface area contributed by atoms with Gasteiger partial charge in [0.05, 0.1) is 5.69 Å². The number of para-hydroxylation sites is 1. The first-order chi connectivity index (χ1) is 26.5. The molecule has 0 saturated carbocycles. The van der Waals surface area contributed by atoms with Crippen LogP contribution in [0.25, 0.3) is 44.5 Å². The largest absolute Gasteiger partial charge is 0.311 e. The smallest absolute Gasteiger partial charge is 0.0662 e. The monoisotopic (exact) mass is 694 g/mol. The van der Waals surface area contributed by atoms with Crippen LogP contribution in [0.5, 0.6) is 0 Å². The molecule has 0 aromatic heterocycles. The molecule has 0 fully saturated rings. The van der Waals surface area contributed by atoms with Crippen LogP contribution in [-0.2, 0) is 0 Å². The lowest BCUT2D eigenvalue weighted by atomic mass is 9.90. The Morgan fingerprint density at radius 1 is 0.370 bits per heavy atom. The maximum Gasteiger partial charge on any atom is 0.0662 e. The van der Waals surface area contributed by atoms with E-state index in [9.17, 15) is 0 Å². The van der Waals surface area contributed by atoms with Gasteiger partial charge in [0.1, 0.15) is 0 Å². The van der Waals surface area contributed by atoms with Crippen molar-refractivity contribution in [3.8, 4) is 44.5 Å². The lowest BCUT2D eigenvalue weighted by molar-refractivity contribution is 1.28. The van der Waals surface area contributed by atoms with E-state index in [4.69, 9.17) is 4.99 Å². The minimum Gasteiger partial charge on any atom is -0.311 e. The number of hydrogen-bond donors (Lipinski definition) is 0. The van der Waals surface area contributed by atoms with Crippen molar-refractivity contribution in [2.45, 2.75) is 20.8 Å². The molecule has 0 heterocycles. The van der Waals surface area contributed by atoms with Crippen LogP contribution in [0.15, 0.2) is 205 Å². The van der Waals surface area contributed by atoms with Gasteiger partial charge in [-0.2, -0.15) is 0 Å². The van der Waals surface area contributed by atoms with Gasteiger partial charge in [-0.25, -0.2) is 0 Å². The maximum absolute atomic E-state index is 5.09. The highest BCUT2D eigenvalue weighted by Crippen LogP contribution is 2.39. The first-order valence-corrected chi connectivity index (χ1v) is 18.5. The average molecular weight is 695 g/mol. The molecule has 2 nitrogen and oxygen atoms in total. The normalized spacial score (nSPS) is 11.4. The van der Waals surface area contributed by atoms with Gasteiger partial charge in [0.15, 0.2) is 0 Å². The molecule has 8 rings (SSSR count). The Hall–Kier alpha value is -6.77. The van der Waals surface area contributed by atoms with Gasteiger partial charge in [-0.15, -0.1) is 0 Å². The minimum absolute atomic E-state index is 0.997. The zero-order valence-corrected chi connectivity index (χ0v) is 30.9. The average Bonchev–Trinajstić information content (AvgIpc) is 3.23. The summed E-state index contributed by atoms with van der Waals surface area (Å²) in [5.74, 6) is 0. The van der Waals surface area contributed by atoms with Crippen LogP contribution in [0.3, 0.4) is 0 Å². The molecule has 0 aliphatic heterocycles. The van der Waals surface area contributed by atoms with Crippen molar-refractivity contribution in [2.24, 2.45) is 4.99 Å². The van der Waals surface area contributed by atoms with Gasteiger partial charge in [-0.05, 0) is 125 Å². The Morgan fingerprint density at radius 3 is 1.28 bits per heavy atom. The summed E-state index contributed by atoms with van der Waals surface area (Å²) in [7, 11) is 0. The maximum atomic E-state index is 5.09.